The van der Waals surface area contributed by atoms with Crippen molar-refractivity contribution in [3.63, 3.8) is 0 Å². The quantitative estimate of drug-likeness (QED) is 0.784. The van der Waals surface area contributed by atoms with Crippen molar-refractivity contribution >= 4 is 34.8 Å². The maximum atomic E-state index is 13.6. The van der Waals surface area contributed by atoms with E-state index in [-0.39, 0.29) is 16.4 Å². The van der Waals surface area contributed by atoms with Gasteiger partial charge in [0.05, 0.1) is 22.0 Å². The Morgan fingerprint density at radius 1 is 1.15 bits per heavy atom. The molecule has 0 saturated carbocycles. The molecule has 4 nitrogen and oxygen atoms in total. The molecule has 0 unspecified atom stereocenters. The van der Waals surface area contributed by atoms with Gasteiger partial charge in [0.2, 0.25) is 11.8 Å². The Kier molecular flexibility index (Phi) is 5.86. The van der Waals surface area contributed by atoms with Crippen LogP contribution >= 0.6 is 11.6 Å². The van der Waals surface area contributed by atoms with E-state index in [4.69, 9.17) is 11.6 Å². The van der Waals surface area contributed by atoms with E-state index in [1.807, 2.05) is 0 Å². The number of alkyl halides is 3. The predicted molar refractivity (Wildman–Crippen MR) is 89.5 cm³/mol. The Morgan fingerprint density at radius 2 is 1.81 bits per heavy atom. The van der Waals surface area contributed by atoms with Crippen molar-refractivity contribution in [3.8, 4) is 0 Å². The van der Waals surface area contributed by atoms with Crippen LogP contribution < -0.4 is 10.2 Å². The third-order valence-corrected chi connectivity index (χ3v) is 3.71. The lowest BCUT2D eigenvalue weighted by atomic mass is 10.1. The molecule has 0 aromatic heterocycles. The lowest BCUT2D eigenvalue weighted by Gasteiger charge is -2.23. The van der Waals surface area contributed by atoms with Crippen LogP contribution in [0.4, 0.5) is 28.9 Å². The van der Waals surface area contributed by atoms with Crippen LogP contribution in [-0.2, 0) is 15.8 Å². The fourth-order valence-corrected chi connectivity index (χ4v) is 2.38. The van der Waals surface area contributed by atoms with Crippen LogP contribution in [0.25, 0.3) is 0 Å². The summed E-state index contributed by atoms with van der Waals surface area (Å²) < 4.78 is 52.2. The molecule has 0 atom stereocenters. The van der Waals surface area contributed by atoms with Gasteiger partial charge in [-0.05, 0) is 30.3 Å². The second-order valence-corrected chi connectivity index (χ2v) is 5.70. The number of hydrogen-bond donors (Lipinski definition) is 1. The largest absolute Gasteiger partial charge is 0.416 e. The lowest BCUT2D eigenvalue weighted by molar-refractivity contribution is -0.137. The molecular formula is C17H13ClF4N2O2. The Balaban J connectivity index is 2.28. The van der Waals surface area contributed by atoms with Crippen molar-refractivity contribution in [1.82, 2.24) is 0 Å². The molecular weight excluding hydrogens is 376 g/mol. The number of nitrogens with zero attached hydrogens (tertiary/aromatic N) is 1. The lowest BCUT2D eigenvalue weighted by Crippen LogP contribution is -2.37. The first-order valence-corrected chi connectivity index (χ1v) is 7.66. The van der Waals surface area contributed by atoms with Crippen LogP contribution in [0.3, 0.4) is 0 Å². The first-order chi connectivity index (χ1) is 12.1. The molecule has 0 spiro atoms. The van der Waals surface area contributed by atoms with E-state index in [9.17, 15) is 27.2 Å². The van der Waals surface area contributed by atoms with E-state index in [0.717, 1.165) is 30.0 Å². The topological polar surface area (TPSA) is 49.4 Å². The standard InChI is InChI=1S/C17H13ClF4N2O2/c1-10(25)24(9-16(26)23-14-5-3-2-4-13(14)19)15-8-11(17(20,21)22)6-7-12(15)18/h2-8H,9H2,1H3,(H,23,26). The highest BCUT2D eigenvalue weighted by atomic mass is 35.5. The number of halogens is 5. The summed E-state index contributed by atoms with van der Waals surface area (Å²) in [5.41, 5.74) is -1.40. The molecule has 9 heteroatoms. The number of carbonyl (C=O) groups excluding carboxylic acids is 2. The highest BCUT2D eigenvalue weighted by Crippen LogP contribution is 2.35. The number of hydrogen-bond acceptors (Lipinski definition) is 2. The van der Waals surface area contributed by atoms with E-state index in [0.29, 0.717) is 6.07 Å². The first-order valence-electron chi connectivity index (χ1n) is 7.29. The monoisotopic (exact) mass is 388 g/mol. The molecule has 26 heavy (non-hydrogen) atoms. The van der Waals surface area contributed by atoms with Gasteiger partial charge in [0.1, 0.15) is 12.4 Å². The summed E-state index contributed by atoms with van der Waals surface area (Å²) in [6.07, 6.45) is -4.64. The maximum Gasteiger partial charge on any atom is 0.416 e. The van der Waals surface area contributed by atoms with E-state index < -0.39 is 35.9 Å². The van der Waals surface area contributed by atoms with Gasteiger partial charge in [0.15, 0.2) is 0 Å². The second-order valence-electron chi connectivity index (χ2n) is 5.30. The highest BCUT2D eigenvalue weighted by molar-refractivity contribution is 6.34. The minimum atomic E-state index is -4.64. The molecule has 0 aliphatic heterocycles. The summed E-state index contributed by atoms with van der Waals surface area (Å²) in [7, 11) is 0. The minimum Gasteiger partial charge on any atom is -0.322 e. The van der Waals surface area contributed by atoms with Gasteiger partial charge in [-0.3, -0.25) is 9.59 Å². The number of carbonyl (C=O) groups is 2. The minimum absolute atomic E-state index is 0.115. The van der Waals surface area contributed by atoms with E-state index in [1.165, 1.54) is 18.2 Å². The summed E-state index contributed by atoms with van der Waals surface area (Å²) in [6, 6.07) is 7.79. The molecule has 138 valence electrons. The highest BCUT2D eigenvalue weighted by Gasteiger charge is 2.32. The molecule has 0 bridgehead atoms. The van der Waals surface area contributed by atoms with Gasteiger partial charge in [-0.25, -0.2) is 4.39 Å². The summed E-state index contributed by atoms with van der Waals surface area (Å²) in [5.74, 6) is -2.18. The number of para-hydroxylation sites is 1. The molecule has 0 fully saturated rings. The van der Waals surface area contributed by atoms with Crippen LogP contribution in [0.15, 0.2) is 42.5 Å². The molecule has 2 amide bonds. The van der Waals surface area contributed by atoms with Gasteiger partial charge >= 0.3 is 6.18 Å². The smallest absolute Gasteiger partial charge is 0.322 e. The van der Waals surface area contributed by atoms with Crippen molar-refractivity contribution in [2.75, 3.05) is 16.8 Å². The van der Waals surface area contributed by atoms with Gasteiger partial charge in [0, 0.05) is 6.92 Å². The van der Waals surface area contributed by atoms with E-state index in [2.05, 4.69) is 5.32 Å². The fraction of sp³-hybridized carbons (Fsp3) is 0.176. The van der Waals surface area contributed by atoms with Gasteiger partial charge in [-0.1, -0.05) is 23.7 Å². The zero-order valence-corrected chi connectivity index (χ0v) is 14.2. The molecule has 2 aromatic rings. The molecule has 0 aliphatic carbocycles. The SMILES string of the molecule is CC(=O)N(CC(=O)Nc1ccccc1F)c1cc(C(F)(F)F)ccc1Cl. The normalized spacial score (nSPS) is 11.2. The van der Waals surface area contributed by atoms with Crippen molar-refractivity contribution in [1.29, 1.82) is 0 Å². The van der Waals surface area contributed by atoms with Crippen LogP contribution in [0.1, 0.15) is 12.5 Å². The third-order valence-electron chi connectivity index (χ3n) is 3.39. The average Bonchev–Trinajstić information content (AvgIpc) is 2.54. The zero-order valence-electron chi connectivity index (χ0n) is 13.4. The first kappa shape index (κ1) is 19.7. The molecule has 2 rings (SSSR count). The summed E-state index contributed by atoms with van der Waals surface area (Å²) in [6.45, 7) is 0.442. The fourth-order valence-electron chi connectivity index (χ4n) is 2.16. The number of amides is 2. The van der Waals surface area contributed by atoms with Crippen LogP contribution in [0.5, 0.6) is 0 Å². The molecule has 2 aromatic carbocycles. The van der Waals surface area contributed by atoms with Crippen LogP contribution in [0, 0.1) is 5.82 Å². The number of nitrogens with one attached hydrogen (secondary N) is 1. The Bertz CT molecular complexity index is 840. The second kappa shape index (κ2) is 7.74. The Hall–Kier alpha value is -2.61. The van der Waals surface area contributed by atoms with Gasteiger partial charge < -0.3 is 10.2 Å². The molecule has 0 heterocycles. The van der Waals surface area contributed by atoms with Gasteiger partial charge in [0.25, 0.3) is 0 Å². The predicted octanol–water partition coefficient (Wildman–Crippen LogP) is 4.49. The van der Waals surface area contributed by atoms with Crippen LogP contribution in [0.2, 0.25) is 5.02 Å². The number of anilines is 2. The van der Waals surface area contributed by atoms with Crippen molar-refractivity contribution < 1.29 is 27.2 Å². The van der Waals surface area contributed by atoms with Gasteiger partial charge in [-0.15, -0.1) is 0 Å². The summed E-state index contributed by atoms with van der Waals surface area (Å²) in [4.78, 5) is 24.7. The summed E-state index contributed by atoms with van der Waals surface area (Å²) in [5, 5.41) is 2.12. The van der Waals surface area contributed by atoms with Crippen molar-refractivity contribution in [2.45, 2.75) is 13.1 Å². The average molecular weight is 389 g/mol. The number of benzene rings is 2. The molecule has 0 aliphatic rings. The zero-order chi connectivity index (χ0) is 19.5. The summed E-state index contributed by atoms with van der Waals surface area (Å²) >= 11 is 5.90. The maximum absolute atomic E-state index is 13.6. The number of rotatable bonds is 4. The molecule has 1 N–H and O–H groups in total. The van der Waals surface area contributed by atoms with Gasteiger partial charge in [-0.2, -0.15) is 13.2 Å². The Labute approximate surface area is 151 Å². The molecule has 0 radical (unpaired) electrons. The Morgan fingerprint density at radius 3 is 2.38 bits per heavy atom. The third kappa shape index (κ3) is 4.72. The van der Waals surface area contributed by atoms with Crippen molar-refractivity contribution in [3.05, 3.63) is 58.9 Å². The van der Waals surface area contributed by atoms with Crippen LogP contribution in [-0.4, -0.2) is 18.4 Å². The van der Waals surface area contributed by atoms with E-state index >= 15 is 0 Å². The molecule has 0 saturated heterocycles. The van der Waals surface area contributed by atoms with E-state index in [1.54, 1.807) is 0 Å². The van der Waals surface area contributed by atoms with Crippen molar-refractivity contribution in [2.24, 2.45) is 0 Å².